The minimum absolute atomic E-state index is 0.121. The van der Waals surface area contributed by atoms with Crippen LogP contribution in [-0.2, 0) is 6.54 Å². The maximum absolute atomic E-state index is 13.8. The molecule has 7 heteroatoms. The third-order valence-electron chi connectivity index (χ3n) is 4.61. The molecule has 1 saturated heterocycles. The lowest BCUT2D eigenvalue weighted by Gasteiger charge is -2.34. The minimum Gasteiger partial charge on any atom is -0.419 e. The molecule has 1 aliphatic heterocycles. The summed E-state index contributed by atoms with van der Waals surface area (Å²) < 4.78 is 19.6. The number of halogens is 1. The summed E-state index contributed by atoms with van der Waals surface area (Å²) in [6.07, 6.45) is 0. The van der Waals surface area contributed by atoms with Crippen molar-refractivity contribution < 1.29 is 13.6 Å². The number of aromatic nitrogens is 2. The molecule has 0 aliphatic carbocycles. The van der Waals surface area contributed by atoms with E-state index in [9.17, 15) is 9.18 Å². The average molecular weight is 366 g/mol. The summed E-state index contributed by atoms with van der Waals surface area (Å²) in [7, 11) is 0. The van der Waals surface area contributed by atoms with E-state index in [1.165, 1.54) is 12.1 Å². The first kappa shape index (κ1) is 17.4. The molecule has 2 aromatic carbocycles. The summed E-state index contributed by atoms with van der Waals surface area (Å²) in [6.45, 7) is 2.94. The smallest absolute Gasteiger partial charge is 0.256 e. The molecule has 4 rings (SSSR count). The molecule has 1 fully saturated rings. The zero-order valence-corrected chi connectivity index (χ0v) is 14.7. The van der Waals surface area contributed by atoms with Gasteiger partial charge in [-0.1, -0.05) is 30.3 Å². The summed E-state index contributed by atoms with van der Waals surface area (Å²) in [6, 6.07) is 15.7. The van der Waals surface area contributed by atoms with E-state index in [1.807, 2.05) is 30.3 Å². The van der Waals surface area contributed by atoms with Gasteiger partial charge in [0.1, 0.15) is 5.82 Å². The molecule has 6 nitrogen and oxygen atoms in total. The fourth-order valence-electron chi connectivity index (χ4n) is 3.12. The maximum Gasteiger partial charge on any atom is 0.256 e. The molecule has 0 atom stereocenters. The Morgan fingerprint density at radius 3 is 2.41 bits per heavy atom. The number of amides is 1. The van der Waals surface area contributed by atoms with Crippen LogP contribution in [0.2, 0.25) is 0 Å². The fraction of sp³-hybridized carbons (Fsp3) is 0.250. The lowest BCUT2D eigenvalue weighted by atomic mass is 10.1. The van der Waals surface area contributed by atoms with Crippen molar-refractivity contribution in [3.8, 4) is 11.5 Å². The van der Waals surface area contributed by atoms with Gasteiger partial charge >= 0.3 is 0 Å². The molecule has 1 aromatic heterocycles. The van der Waals surface area contributed by atoms with Gasteiger partial charge in [-0.3, -0.25) is 9.69 Å². The first-order chi connectivity index (χ1) is 13.2. The largest absolute Gasteiger partial charge is 0.419 e. The monoisotopic (exact) mass is 366 g/mol. The van der Waals surface area contributed by atoms with Crippen molar-refractivity contribution in [2.24, 2.45) is 0 Å². The van der Waals surface area contributed by atoms with Gasteiger partial charge in [-0.25, -0.2) is 4.39 Å². The van der Waals surface area contributed by atoms with Crippen LogP contribution in [0.1, 0.15) is 16.2 Å². The first-order valence-corrected chi connectivity index (χ1v) is 8.84. The number of benzene rings is 2. The predicted molar refractivity (Wildman–Crippen MR) is 97.3 cm³/mol. The van der Waals surface area contributed by atoms with Crippen LogP contribution in [0, 0.1) is 5.82 Å². The second kappa shape index (κ2) is 7.67. The molecule has 2 heterocycles. The van der Waals surface area contributed by atoms with Gasteiger partial charge in [-0.05, 0) is 24.3 Å². The van der Waals surface area contributed by atoms with Gasteiger partial charge < -0.3 is 9.32 Å². The van der Waals surface area contributed by atoms with Crippen molar-refractivity contribution in [2.45, 2.75) is 6.54 Å². The van der Waals surface area contributed by atoms with E-state index in [2.05, 4.69) is 15.1 Å². The van der Waals surface area contributed by atoms with Crippen LogP contribution in [0.3, 0.4) is 0 Å². The molecule has 0 spiro atoms. The van der Waals surface area contributed by atoms with Crippen LogP contribution in [0.25, 0.3) is 11.5 Å². The molecule has 0 N–H and O–H groups in total. The topological polar surface area (TPSA) is 62.5 Å². The van der Waals surface area contributed by atoms with Gasteiger partial charge in [-0.2, -0.15) is 0 Å². The highest BCUT2D eigenvalue weighted by Gasteiger charge is 2.24. The Bertz CT molecular complexity index is 920. The summed E-state index contributed by atoms with van der Waals surface area (Å²) in [5.41, 5.74) is 1.01. The molecule has 3 aromatic rings. The average Bonchev–Trinajstić information content (AvgIpc) is 3.18. The first-order valence-electron chi connectivity index (χ1n) is 8.84. The Balaban J connectivity index is 1.34. The van der Waals surface area contributed by atoms with Crippen LogP contribution in [0.5, 0.6) is 0 Å². The van der Waals surface area contributed by atoms with Crippen LogP contribution in [0.15, 0.2) is 59.0 Å². The van der Waals surface area contributed by atoms with Gasteiger partial charge in [0.05, 0.1) is 12.1 Å². The van der Waals surface area contributed by atoms with Gasteiger partial charge in [0.2, 0.25) is 11.8 Å². The van der Waals surface area contributed by atoms with Crippen LogP contribution in [-0.4, -0.2) is 52.1 Å². The van der Waals surface area contributed by atoms with E-state index in [0.717, 1.165) is 5.56 Å². The van der Waals surface area contributed by atoms with E-state index < -0.39 is 5.82 Å². The number of rotatable bonds is 4. The van der Waals surface area contributed by atoms with Gasteiger partial charge in [0.25, 0.3) is 5.91 Å². The molecule has 0 bridgehead atoms. The standard InChI is InChI=1S/C20H19FN4O2/c21-17-9-5-4-8-16(17)20(26)25-12-10-24(11-13-25)14-18-22-23-19(27-18)15-6-2-1-3-7-15/h1-9H,10-14H2. The zero-order chi connectivity index (χ0) is 18.6. The third kappa shape index (κ3) is 3.88. The second-order valence-electron chi connectivity index (χ2n) is 6.42. The van der Waals surface area contributed by atoms with Gasteiger partial charge in [0.15, 0.2) is 0 Å². The SMILES string of the molecule is O=C(c1ccccc1F)N1CCN(Cc2nnc(-c3ccccc3)o2)CC1. The summed E-state index contributed by atoms with van der Waals surface area (Å²) in [5.74, 6) is 0.294. The molecule has 1 aliphatic rings. The van der Waals surface area contributed by atoms with Crippen molar-refractivity contribution in [3.63, 3.8) is 0 Å². The van der Waals surface area contributed by atoms with Crippen LogP contribution < -0.4 is 0 Å². The maximum atomic E-state index is 13.8. The predicted octanol–water partition coefficient (Wildman–Crippen LogP) is 2.83. The molecule has 0 radical (unpaired) electrons. The van der Waals surface area contributed by atoms with E-state index in [1.54, 1.807) is 17.0 Å². The Morgan fingerprint density at radius 2 is 1.67 bits per heavy atom. The van der Waals surface area contributed by atoms with E-state index in [0.29, 0.717) is 44.5 Å². The number of piperazine rings is 1. The van der Waals surface area contributed by atoms with E-state index >= 15 is 0 Å². The Labute approximate surface area is 156 Å². The molecule has 0 saturated carbocycles. The summed E-state index contributed by atoms with van der Waals surface area (Å²) >= 11 is 0. The highest BCUT2D eigenvalue weighted by atomic mass is 19.1. The van der Waals surface area contributed by atoms with Crippen LogP contribution >= 0.6 is 0 Å². The lowest BCUT2D eigenvalue weighted by Crippen LogP contribution is -2.48. The molecule has 0 unspecified atom stereocenters. The Morgan fingerprint density at radius 1 is 0.963 bits per heavy atom. The Kier molecular flexibility index (Phi) is 4.93. The van der Waals surface area contributed by atoms with Crippen molar-refractivity contribution in [1.29, 1.82) is 0 Å². The fourth-order valence-corrected chi connectivity index (χ4v) is 3.12. The lowest BCUT2D eigenvalue weighted by molar-refractivity contribution is 0.0614. The van der Waals surface area contributed by atoms with Crippen molar-refractivity contribution >= 4 is 5.91 Å². The zero-order valence-electron chi connectivity index (χ0n) is 14.7. The number of hydrogen-bond donors (Lipinski definition) is 0. The quantitative estimate of drug-likeness (QED) is 0.711. The number of carbonyl (C=O) groups is 1. The highest BCUT2D eigenvalue weighted by molar-refractivity contribution is 5.94. The summed E-state index contributed by atoms with van der Waals surface area (Å²) in [5, 5.41) is 8.21. The van der Waals surface area contributed by atoms with Gasteiger partial charge in [0, 0.05) is 31.7 Å². The number of nitrogens with zero attached hydrogens (tertiary/aromatic N) is 4. The van der Waals surface area contributed by atoms with Crippen molar-refractivity contribution in [2.75, 3.05) is 26.2 Å². The minimum atomic E-state index is -0.482. The van der Waals surface area contributed by atoms with E-state index in [4.69, 9.17) is 4.42 Å². The molecular weight excluding hydrogens is 347 g/mol. The van der Waals surface area contributed by atoms with Gasteiger partial charge in [-0.15, -0.1) is 10.2 Å². The third-order valence-corrected chi connectivity index (χ3v) is 4.61. The van der Waals surface area contributed by atoms with E-state index in [-0.39, 0.29) is 11.5 Å². The van der Waals surface area contributed by atoms with Crippen LogP contribution in [0.4, 0.5) is 4.39 Å². The van der Waals surface area contributed by atoms with Crippen molar-refractivity contribution in [3.05, 3.63) is 71.9 Å². The van der Waals surface area contributed by atoms with Crippen molar-refractivity contribution in [1.82, 2.24) is 20.0 Å². The Hall–Kier alpha value is -3.06. The number of carbonyl (C=O) groups excluding carboxylic acids is 1. The number of hydrogen-bond acceptors (Lipinski definition) is 5. The second-order valence-corrected chi connectivity index (χ2v) is 6.42. The molecular formula is C20H19FN4O2. The highest BCUT2D eigenvalue weighted by Crippen LogP contribution is 2.18. The summed E-state index contributed by atoms with van der Waals surface area (Å²) in [4.78, 5) is 16.3. The molecule has 138 valence electrons. The molecule has 27 heavy (non-hydrogen) atoms. The molecule has 1 amide bonds. The normalized spacial score (nSPS) is 15.1.